The lowest BCUT2D eigenvalue weighted by Crippen LogP contribution is -2.34. The highest BCUT2D eigenvalue weighted by atomic mass is 16.6. The lowest BCUT2D eigenvalue weighted by Gasteiger charge is -2.20. The number of carbonyl (C=O) groups is 3. The van der Waals surface area contributed by atoms with Crippen LogP contribution in [0.4, 0.5) is 16.2 Å². The van der Waals surface area contributed by atoms with Crippen LogP contribution in [0.25, 0.3) is 0 Å². The van der Waals surface area contributed by atoms with E-state index in [1.807, 2.05) is 37.3 Å². The van der Waals surface area contributed by atoms with Gasteiger partial charge in [-0.3, -0.25) is 10.1 Å². The van der Waals surface area contributed by atoms with Gasteiger partial charge in [-0.1, -0.05) is 18.2 Å². The minimum absolute atomic E-state index is 0.273. The fourth-order valence-electron chi connectivity index (χ4n) is 2.51. The first-order valence-electron chi connectivity index (χ1n) is 9.32. The summed E-state index contributed by atoms with van der Waals surface area (Å²) in [7, 11) is 0. The summed E-state index contributed by atoms with van der Waals surface area (Å²) in [6.07, 6.45) is -0.584. The number of benzene rings is 2. The number of nitrogens with zero attached hydrogens (tertiary/aromatic N) is 1. The number of esters is 1. The van der Waals surface area contributed by atoms with Crippen LogP contribution >= 0.6 is 0 Å². The molecular formula is C22H26N2O5. The van der Waals surface area contributed by atoms with Crippen LogP contribution in [0.2, 0.25) is 0 Å². The predicted molar refractivity (Wildman–Crippen MR) is 111 cm³/mol. The van der Waals surface area contributed by atoms with Gasteiger partial charge in [-0.2, -0.15) is 0 Å². The molecule has 0 aliphatic heterocycles. The molecule has 154 valence electrons. The molecule has 0 saturated carbocycles. The molecule has 2 aromatic rings. The number of likely N-dealkylation sites (N-methyl/N-ethyl adjacent to an activating group) is 1. The lowest BCUT2D eigenvalue weighted by molar-refractivity contribution is -0.121. The van der Waals surface area contributed by atoms with Crippen molar-refractivity contribution in [2.24, 2.45) is 0 Å². The first-order valence-corrected chi connectivity index (χ1v) is 9.32. The maximum atomic E-state index is 12.4. The molecule has 0 aliphatic carbocycles. The number of hydrogen-bond donors (Lipinski definition) is 1. The van der Waals surface area contributed by atoms with E-state index in [0.717, 1.165) is 5.69 Å². The Labute approximate surface area is 170 Å². The monoisotopic (exact) mass is 398 g/mol. The summed E-state index contributed by atoms with van der Waals surface area (Å²) in [5, 5.41) is 2.58. The third-order valence-electron chi connectivity index (χ3n) is 3.78. The van der Waals surface area contributed by atoms with Crippen molar-refractivity contribution in [2.75, 3.05) is 23.4 Å². The van der Waals surface area contributed by atoms with Crippen molar-refractivity contribution in [3.63, 3.8) is 0 Å². The highest BCUT2D eigenvalue weighted by Crippen LogP contribution is 2.15. The molecule has 0 spiro atoms. The van der Waals surface area contributed by atoms with Crippen LogP contribution in [0, 0.1) is 0 Å². The lowest BCUT2D eigenvalue weighted by atomic mass is 10.2. The van der Waals surface area contributed by atoms with Crippen LogP contribution < -0.4 is 10.2 Å². The van der Waals surface area contributed by atoms with Crippen molar-refractivity contribution in [3.05, 3.63) is 60.2 Å². The van der Waals surface area contributed by atoms with Crippen molar-refractivity contribution >= 4 is 29.3 Å². The smallest absolute Gasteiger partial charge is 0.412 e. The van der Waals surface area contributed by atoms with Gasteiger partial charge in [0.2, 0.25) is 0 Å². The zero-order valence-corrected chi connectivity index (χ0v) is 17.1. The Morgan fingerprint density at radius 1 is 0.966 bits per heavy atom. The molecule has 1 N–H and O–H groups in total. The van der Waals surface area contributed by atoms with Crippen LogP contribution in [0.3, 0.4) is 0 Å². The minimum Gasteiger partial charge on any atom is -0.452 e. The van der Waals surface area contributed by atoms with E-state index in [1.54, 1.807) is 37.8 Å². The summed E-state index contributed by atoms with van der Waals surface area (Å²) in [5.74, 6) is -0.929. The van der Waals surface area contributed by atoms with Crippen LogP contribution in [0.5, 0.6) is 0 Å². The van der Waals surface area contributed by atoms with Crippen LogP contribution in [-0.2, 0) is 14.3 Å². The fourth-order valence-corrected chi connectivity index (χ4v) is 2.51. The highest BCUT2D eigenvalue weighted by molar-refractivity contribution is 5.97. The van der Waals surface area contributed by atoms with Gasteiger partial charge in [0.1, 0.15) is 5.60 Å². The molecule has 7 heteroatoms. The van der Waals surface area contributed by atoms with Gasteiger partial charge in [0, 0.05) is 17.9 Å². The van der Waals surface area contributed by atoms with Crippen molar-refractivity contribution in [1.82, 2.24) is 0 Å². The Bertz CT molecular complexity index is 842. The van der Waals surface area contributed by atoms with Gasteiger partial charge in [0.25, 0.3) is 5.91 Å². The topological polar surface area (TPSA) is 84.9 Å². The maximum Gasteiger partial charge on any atom is 0.412 e. The average Bonchev–Trinajstić information content (AvgIpc) is 2.66. The molecular weight excluding hydrogens is 372 g/mol. The average molecular weight is 398 g/mol. The van der Waals surface area contributed by atoms with E-state index >= 15 is 0 Å². The van der Waals surface area contributed by atoms with Crippen LogP contribution in [0.1, 0.15) is 38.1 Å². The molecule has 2 aromatic carbocycles. The van der Waals surface area contributed by atoms with Crippen molar-refractivity contribution in [1.29, 1.82) is 0 Å². The van der Waals surface area contributed by atoms with Crippen LogP contribution in [-0.4, -0.2) is 36.7 Å². The SMILES string of the molecule is CCN(C(=O)COC(=O)c1ccc(NC(=O)OC(C)(C)C)cc1)c1ccccc1. The number of ether oxygens (including phenoxy) is 2. The van der Waals surface area contributed by atoms with E-state index in [0.29, 0.717) is 12.2 Å². The molecule has 0 aromatic heterocycles. The Kier molecular flexibility index (Phi) is 7.36. The van der Waals surface area contributed by atoms with Gasteiger partial charge >= 0.3 is 12.1 Å². The number of carbonyl (C=O) groups excluding carboxylic acids is 3. The molecule has 0 fully saturated rings. The number of anilines is 2. The predicted octanol–water partition coefficient (Wildman–Crippen LogP) is 4.24. The molecule has 0 saturated heterocycles. The second kappa shape index (κ2) is 9.73. The summed E-state index contributed by atoms with van der Waals surface area (Å²) in [5.41, 5.74) is 0.893. The van der Waals surface area contributed by atoms with E-state index in [-0.39, 0.29) is 18.1 Å². The van der Waals surface area contributed by atoms with E-state index < -0.39 is 17.7 Å². The Morgan fingerprint density at radius 3 is 2.14 bits per heavy atom. The molecule has 0 unspecified atom stereocenters. The summed E-state index contributed by atoms with van der Waals surface area (Å²) in [6, 6.07) is 15.3. The summed E-state index contributed by atoms with van der Waals surface area (Å²) >= 11 is 0. The first kappa shape index (κ1) is 21.9. The van der Waals surface area contributed by atoms with Crippen LogP contribution in [0.15, 0.2) is 54.6 Å². The molecule has 29 heavy (non-hydrogen) atoms. The number of nitrogens with one attached hydrogen (secondary N) is 1. The quantitative estimate of drug-likeness (QED) is 0.736. The highest BCUT2D eigenvalue weighted by Gasteiger charge is 2.18. The van der Waals surface area contributed by atoms with E-state index in [2.05, 4.69) is 5.32 Å². The largest absolute Gasteiger partial charge is 0.452 e. The molecule has 0 radical (unpaired) electrons. The minimum atomic E-state index is -0.619. The Hall–Kier alpha value is -3.35. The van der Waals surface area contributed by atoms with Gasteiger partial charge in [-0.15, -0.1) is 0 Å². The normalized spacial score (nSPS) is 10.8. The third kappa shape index (κ3) is 6.95. The molecule has 2 rings (SSSR count). The van der Waals surface area contributed by atoms with Crippen molar-refractivity contribution in [3.8, 4) is 0 Å². The van der Waals surface area contributed by atoms with Crippen molar-refractivity contribution < 1.29 is 23.9 Å². The molecule has 2 amide bonds. The summed E-state index contributed by atoms with van der Waals surface area (Å²) in [4.78, 5) is 37.9. The van der Waals surface area contributed by atoms with Gasteiger partial charge in [-0.25, -0.2) is 9.59 Å². The zero-order valence-electron chi connectivity index (χ0n) is 17.1. The molecule has 7 nitrogen and oxygen atoms in total. The molecule has 0 atom stereocenters. The third-order valence-corrected chi connectivity index (χ3v) is 3.78. The summed E-state index contributed by atoms with van der Waals surface area (Å²) in [6.45, 7) is 7.26. The van der Waals surface area contributed by atoms with E-state index in [1.165, 1.54) is 12.1 Å². The standard InChI is InChI=1S/C22H26N2O5/c1-5-24(18-9-7-6-8-10-18)19(25)15-28-20(26)16-11-13-17(14-12-16)23-21(27)29-22(2,3)4/h6-14H,5,15H2,1-4H3,(H,23,27). The van der Waals surface area contributed by atoms with E-state index in [9.17, 15) is 14.4 Å². The number of amides is 2. The Morgan fingerprint density at radius 2 is 1.59 bits per heavy atom. The van der Waals surface area contributed by atoms with E-state index in [4.69, 9.17) is 9.47 Å². The second-order valence-electron chi connectivity index (χ2n) is 7.25. The number of para-hydroxylation sites is 1. The fraction of sp³-hybridized carbons (Fsp3) is 0.318. The van der Waals surface area contributed by atoms with Gasteiger partial charge < -0.3 is 14.4 Å². The maximum absolute atomic E-state index is 12.4. The van der Waals surface area contributed by atoms with Crippen molar-refractivity contribution in [2.45, 2.75) is 33.3 Å². The molecule has 0 aliphatic rings. The van der Waals surface area contributed by atoms with Gasteiger partial charge in [0.15, 0.2) is 6.61 Å². The first-order chi connectivity index (χ1) is 13.7. The zero-order chi connectivity index (χ0) is 21.4. The number of rotatable bonds is 6. The molecule has 0 bridgehead atoms. The second-order valence-corrected chi connectivity index (χ2v) is 7.25. The number of hydrogen-bond acceptors (Lipinski definition) is 5. The van der Waals surface area contributed by atoms with Gasteiger partial charge in [-0.05, 0) is 64.1 Å². The summed E-state index contributed by atoms with van der Waals surface area (Å²) < 4.78 is 10.3. The van der Waals surface area contributed by atoms with Gasteiger partial charge in [0.05, 0.1) is 5.56 Å². The molecule has 0 heterocycles. The Balaban J connectivity index is 1.90.